The molecule has 7 nitrogen and oxygen atoms in total. The summed E-state index contributed by atoms with van der Waals surface area (Å²) < 4.78 is 4.70. The number of hydrogen-bond donors (Lipinski definition) is 3. The molecule has 0 saturated heterocycles. The fourth-order valence-electron chi connectivity index (χ4n) is 3.05. The first-order valence-electron chi connectivity index (χ1n) is 8.85. The molecular formula is C21H21N3O4. The maximum Gasteiger partial charge on any atom is 0.337 e. The second-order valence-corrected chi connectivity index (χ2v) is 6.32. The van der Waals surface area contributed by atoms with Crippen LogP contribution >= 0.6 is 0 Å². The van der Waals surface area contributed by atoms with Crippen LogP contribution in [-0.2, 0) is 4.74 Å². The van der Waals surface area contributed by atoms with Crippen LogP contribution in [0.2, 0.25) is 0 Å². The van der Waals surface area contributed by atoms with Crippen molar-refractivity contribution in [2.75, 3.05) is 7.11 Å². The van der Waals surface area contributed by atoms with E-state index in [2.05, 4.69) is 9.98 Å². The van der Waals surface area contributed by atoms with Gasteiger partial charge in [0.25, 0.3) is 0 Å². The molecule has 4 N–H and O–H groups in total. The number of carbonyl (C=O) groups is 2. The number of methoxy groups -OCH3 is 1. The van der Waals surface area contributed by atoms with E-state index in [1.165, 1.54) is 7.11 Å². The SMILES string of the molecule is CCCC(=Nc1ccc(C(=O)OC)cc1)c1c(O)[nH]c2cc(C(N)=O)ccc12. The van der Waals surface area contributed by atoms with Crippen LogP contribution in [0.3, 0.4) is 0 Å². The van der Waals surface area contributed by atoms with E-state index in [1.807, 2.05) is 6.92 Å². The fourth-order valence-corrected chi connectivity index (χ4v) is 3.05. The van der Waals surface area contributed by atoms with E-state index in [0.717, 1.165) is 11.8 Å². The van der Waals surface area contributed by atoms with Crippen LogP contribution in [0.4, 0.5) is 5.69 Å². The number of fused-ring (bicyclic) bond motifs is 1. The summed E-state index contributed by atoms with van der Waals surface area (Å²) in [5.41, 5.74) is 8.67. The van der Waals surface area contributed by atoms with Gasteiger partial charge in [-0.25, -0.2) is 4.79 Å². The van der Waals surface area contributed by atoms with E-state index in [9.17, 15) is 14.7 Å². The average Bonchev–Trinajstić information content (AvgIpc) is 3.02. The molecule has 1 heterocycles. The standard InChI is InChI=1S/C21H21N3O4/c1-3-4-16(23-14-8-5-12(6-9-14)21(27)28-2)18-15-10-7-13(19(22)25)11-17(15)24-20(18)26/h5-11,24,26H,3-4H2,1-2H3,(H2,22,25). The van der Waals surface area contributed by atoms with E-state index in [0.29, 0.717) is 40.0 Å². The van der Waals surface area contributed by atoms with Crippen molar-refractivity contribution in [3.63, 3.8) is 0 Å². The number of benzene rings is 2. The van der Waals surface area contributed by atoms with Crippen molar-refractivity contribution in [3.05, 3.63) is 59.2 Å². The summed E-state index contributed by atoms with van der Waals surface area (Å²) >= 11 is 0. The second kappa shape index (κ2) is 7.96. The van der Waals surface area contributed by atoms with Crippen molar-refractivity contribution < 1.29 is 19.4 Å². The van der Waals surface area contributed by atoms with Gasteiger partial charge in [0.1, 0.15) is 0 Å². The lowest BCUT2D eigenvalue weighted by atomic mass is 10.0. The number of aliphatic imine (C=N–C) groups is 1. The van der Waals surface area contributed by atoms with Crippen molar-refractivity contribution in [1.82, 2.24) is 4.98 Å². The zero-order valence-corrected chi connectivity index (χ0v) is 15.7. The van der Waals surface area contributed by atoms with Crippen LogP contribution in [0, 0.1) is 0 Å². The molecule has 28 heavy (non-hydrogen) atoms. The number of H-pyrrole nitrogens is 1. The Labute approximate surface area is 161 Å². The summed E-state index contributed by atoms with van der Waals surface area (Å²) in [6.07, 6.45) is 1.46. The summed E-state index contributed by atoms with van der Waals surface area (Å²) in [5, 5.41) is 11.2. The molecule has 0 fully saturated rings. The van der Waals surface area contributed by atoms with Crippen LogP contribution in [0.25, 0.3) is 10.9 Å². The third-order valence-electron chi connectivity index (χ3n) is 4.39. The van der Waals surface area contributed by atoms with E-state index in [1.54, 1.807) is 42.5 Å². The monoisotopic (exact) mass is 379 g/mol. The number of amides is 1. The molecule has 0 unspecified atom stereocenters. The Hall–Kier alpha value is -3.61. The predicted molar refractivity (Wildman–Crippen MR) is 107 cm³/mol. The zero-order chi connectivity index (χ0) is 20.3. The van der Waals surface area contributed by atoms with Gasteiger partial charge in [-0.1, -0.05) is 19.4 Å². The smallest absolute Gasteiger partial charge is 0.337 e. The largest absolute Gasteiger partial charge is 0.494 e. The first kappa shape index (κ1) is 19.2. The topological polar surface area (TPSA) is 118 Å². The first-order valence-corrected chi connectivity index (χ1v) is 8.85. The number of nitrogens with two attached hydrogens (primary N) is 1. The molecule has 144 valence electrons. The molecule has 0 spiro atoms. The normalized spacial score (nSPS) is 11.6. The van der Waals surface area contributed by atoms with Crippen LogP contribution in [0.1, 0.15) is 46.0 Å². The highest BCUT2D eigenvalue weighted by atomic mass is 16.5. The third kappa shape index (κ3) is 3.73. The Bertz CT molecular complexity index is 1070. The van der Waals surface area contributed by atoms with E-state index >= 15 is 0 Å². The summed E-state index contributed by atoms with van der Waals surface area (Å²) in [5.74, 6) is -0.968. The van der Waals surface area contributed by atoms with Gasteiger partial charge in [-0.3, -0.25) is 9.79 Å². The number of primary amides is 1. The molecule has 2 aromatic carbocycles. The van der Waals surface area contributed by atoms with Crippen molar-refractivity contribution in [2.24, 2.45) is 10.7 Å². The molecule has 0 saturated carbocycles. The third-order valence-corrected chi connectivity index (χ3v) is 4.39. The molecule has 0 atom stereocenters. The minimum Gasteiger partial charge on any atom is -0.494 e. The van der Waals surface area contributed by atoms with Crippen molar-refractivity contribution >= 4 is 34.2 Å². The van der Waals surface area contributed by atoms with Crippen molar-refractivity contribution in [2.45, 2.75) is 19.8 Å². The number of rotatable bonds is 6. The predicted octanol–water partition coefficient (Wildman–Crippen LogP) is 3.68. The molecule has 1 aromatic heterocycles. The lowest BCUT2D eigenvalue weighted by Crippen LogP contribution is -2.10. The number of nitrogens with one attached hydrogen (secondary N) is 1. The molecule has 3 rings (SSSR count). The van der Waals surface area contributed by atoms with Gasteiger partial charge in [-0.05, 0) is 42.8 Å². The van der Waals surface area contributed by atoms with Crippen molar-refractivity contribution in [3.8, 4) is 5.88 Å². The lowest BCUT2D eigenvalue weighted by molar-refractivity contribution is 0.0600. The van der Waals surface area contributed by atoms with Gasteiger partial charge in [-0.2, -0.15) is 0 Å². The summed E-state index contributed by atoms with van der Waals surface area (Å²) in [7, 11) is 1.33. The molecule has 0 aliphatic carbocycles. The van der Waals surface area contributed by atoms with Gasteiger partial charge in [0, 0.05) is 16.5 Å². The van der Waals surface area contributed by atoms with Gasteiger partial charge in [-0.15, -0.1) is 0 Å². The maximum atomic E-state index is 11.6. The zero-order valence-electron chi connectivity index (χ0n) is 15.7. The fraction of sp³-hybridized carbons (Fsp3) is 0.190. The number of hydrogen-bond acceptors (Lipinski definition) is 5. The molecule has 0 aliphatic rings. The Kier molecular flexibility index (Phi) is 5.44. The molecule has 3 aromatic rings. The Morgan fingerprint density at radius 1 is 1.14 bits per heavy atom. The summed E-state index contributed by atoms with van der Waals surface area (Å²) in [4.78, 5) is 30.5. The maximum absolute atomic E-state index is 11.6. The quantitative estimate of drug-likeness (QED) is 0.447. The molecule has 7 heteroatoms. The number of aromatic amines is 1. The molecule has 1 amide bonds. The van der Waals surface area contributed by atoms with Crippen LogP contribution in [0.15, 0.2) is 47.5 Å². The number of aromatic hydroxyl groups is 1. The molecule has 0 aliphatic heterocycles. The second-order valence-electron chi connectivity index (χ2n) is 6.32. The van der Waals surface area contributed by atoms with Gasteiger partial charge < -0.3 is 20.6 Å². The minimum atomic E-state index is -0.536. The van der Waals surface area contributed by atoms with Gasteiger partial charge in [0.2, 0.25) is 5.91 Å². The first-order chi connectivity index (χ1) is 13.4. The van der Waals surface area contributed by atoms with Crippen LogP contribution in [0.5, 0.6) is 5.88 Å². The Morgan fingerprint density at radius 2 is 1.82 bits per heavy atom. The average molecular weight is 379 g/mol. The van der Waals surface area contributed by atoms with Crippen LogP contribution < -0.4 is 5.73 Å². The lowest BCUT2D eigenvalue weighted by Gasteiger charge is -2.07. The van der Waals surface area contributed by atoms with E-state index < -0.39 is 11.9 Å². The van der Waals surface area contributed by atoms with Crippen molar-refractivity contribution in [1.29, 1.82) is 0 Å². The molecule has 0 radical (unpaired) electrons. The Balaban J connectivity index is 2.07. The number of ether oxygens (including phenoxy) is 1. The molecule has 0 bridgehead atoms. The van der Waals surface area contributed by atoms with Gasteiger partial charge in [0.15, 0.2) is 5.88 Å². The van der Waals surface area contributed by atoms with Gasteiger partial charge in [0.05, 0.1) is 29.6 Å². The van der Waals surface area contributed by atoms with Gasteiger partial charge >= 0.3 is 5.97 Å². The highest BCUT2D eigenvalue weighted by Crippen LogP contribution is 2.31. The number of nitrogens with zero attached hydrogens (tertiary/aromatic N) is 1. The number of carbonyl (C=O) groups excluding carboxylic acids is 2. The summed E-state index contributed by atoms with van der Waals surface area (Å²) in [6.45, 7) is 2.02. The summed E-state index contributed by atoms with van der Waals surface area (Å²) in [6, 6.07) is 11.7. The molecular weight excluding hydrogens is 358 g/mol. The highest BCUT2D eigenvalue weighted by molar-refractivity contribution is 6.14. The van der Waals surface area contributed by atoms with E-state index in [4.69, 9.17) is 10.5 Å². The Morgan fingerprint density at radius 3 is 2.43 bits per heavy atom. The minimum absolute atomic E-state index is 0.0185. The number of aromatic nitrogens is 1. The van der Waals surface area contributed by atoms with E-state index in [-0.39, 0.29) is 5.88 Å². The number of esters is 1. The highest BCUT2D eigenvalue weighted by Gasteiger charge is 2.17. The van der Waals surface area contributed by atoms with Crippen LogP contribution in [-0.4, -0.2) is 34.8 Å².